The molecule has 0 saturated carbocycles. The maximum atomic E-state index is 5.71. The van der Waals surface area contributed by atoms with Crippen molar-refractivity contribution in [1.29, 1.82) is 0 Å². The van der Waals surface area contributed by atoms with Crippen molar-refractivity contribution in [2.24, 2.45) is 0 Å². The fraction of sp³-hybridized carbons (Fsp3) is 0.200. The molecule has 19 heavy (non-hydrogen) atoms. The second kappa shape index (κ2) is 6.54. The van der Waals surface area contributed by atoms with Crippen LogP contribution in [0, 0.1) is 0 Å². The Hall–Kier alpha value is -2.36. The molecular formula is C15H17NO3. The molecule has 0 radical (unpaired) electrons. The molecule has 100 valence electrons. The maximum absolute atomic E-state index is 5.71. The topological polar surface area (TPSA) is 53.7 Å². The van der Waals surface area contributed by atoms with Crippen LogP contribution in [0.25, 0.3) is 0 Å². The molecule has 0 unspecified atom stereocenters. The van der Waals surface area contributed by atoms with Crippen LogP contribution in [0.4, 0.5) is 5.69 Å². The van der Waals surface area contributed by atoms with Crippen LogP contribution < -0.4 is 19.9 Å². The number of nitrogens with two attached hydrogens (primary N) is 1. The first-order chi connectivity index (χ1) is 9.29. The number of methoxy groups -OCH3 is 1. The standard InChI is InChI=1S/C15H17NO3/c1-17-14-8-7-12(16)11-15(14)19-10-9-18-13-5-3-2-4-6-13/h2-8,11H,9-10,16H2,1H3. The molecular weight excluding hydrogens is 242 g/mol. The zero-order chi connectivity index (χ0) is 13.5. The molecule has 0 saturated heterocycles. The van der Waals surface area contributed by atoms with Crippen molar-refractivity contribution in [3.8, 4) is 17.2 Å². The van der Waals surface area contributed by atoms with Gasteiger partial charge in [-0.25, -0.2) is 0 Å². The Morgan fingerprint density at radius 3 is 2.37 bits per heavy atom. The summed E-state index contributed by atoms with van der Waals surface area (Å²) in [5, 5.41) is 0. The van der Waals surface area contributed by atoms with E-state index in [4.69, 9.17) is 19.9 Å². The predicted octanol–water partition coefficient (Wildman–Crippen LogP) is 2.74. The monoisotopic (exact) mass is 259 g/mol. The van der Waals surface area contributed by atoms with Crippen molar-refractivity contribution in [1.82, 2.24) is 0 Å². The number of benzene rings is 2. The molecule has 0 aliphatic carbocycles. The lowest BCUT2D eigenvalue weighted by molar-refractivity contribution is 0.211. The van der Waals surface area contributed by atoms with Crippen molar-refractivity contribution in [2.75, 3.05) is 26.1 Å². The third kappa shape index (κ3) is 3.81. The number of rotatable bonds is 6. The van der Waals surface area contributed by atoms with E-state index < -0.39 is 0 Å². The second-order valence-electron chi connectivity index (χ2n) is 3.92. The summed E-state index contributed by atoms with van der Waals surface area (Å²) in [5.74, 6) is 2.11. The van der Waals surface area contributed by atoms with Gasteiger partial charge < -0.3 is 19.9 Å². The highest BCUT2D eigenvalue weighted by Gasteiger charge is 2.04. The number of ether oxygens (including phenoxy) is 3. The smallest absolute Gasteiger partial charge is 0.163 e. The van der Waals surface area contributed by atoms with Crippen molar-refractivity contribution in [2.45, 2.75) is 0 Å². The van der Waals surface area contributed by atoms with E-state index in [0.717, 1.165) is 5.75 Å². The minimum Gasteiger partial charge on any atom is -0.493 e. The van der Waals surface area contributed by atoms with Crippen LogP contribution in [0.1, 0.15) is 0 Å². The average Bonchev–Trinajstić information content (AvgIpc) is 2.45. The molecule has 0 amide bonds. The largest absolute Gasteiger partial charge is 0.493 e. The first kappa shape index (κ1) is 13.1. The zero-order valence-corrected chi connectivity index (χ0v) is 10.8. The molecule has 0 aromatic heterocycles. The number of hydrogen-bond donors (Lipinski definition) is 1. The zero-order valence-electron chi connectivity index (χ0n) is 10.8. The fourth-order valence-corrected chi connectivity index (χ4v) is 1.63. The van der Waals surface area contributed by atoms with Gasteiger partial charge in [-0.05, 0) is 24.3 Å². The van der Waals surface area contributed by atoms with Crippen molar-refractivity contribution < 1.29 is 14.2 Å². The summed E-state index contributed by atoms with van der Waals surface area (Å²) >= 11 is 0. The molecule has 0 aliphatic heterocycles. The number of nitrogen functional groups attached to an aromatic ring is 1. The van der Waals surface area contributed by atoms with E-state index in [-0.39, 0.29) is 0 Å². The first-order valence-electron chi connectivity index (χ1n) is 6.04. The van der Waals surface area contributed by atoms with E-state index in [2.05, 4.69) is 0 Å². The van der Waals surface area contributed by atoms with Gasteiger partial charge in [-0.1, -0.05) is 18.2 Å². The molecule has 4 heteroatoms. The highest BCUT2D eigenvalue weighted by atomic mass is 16.5. The van der Waals surface area contributed by atoms with Crippen LogP contribution in [-0.2, 0) is 0 Å². The minimum absolute atomic E-state index is 0.425. The molecule has 2 N–H and O–H groups in total. The summed E-state index contributed by atoms with van der Waals surface area (Å²) in [4.78, 5) is 0. The highest BCUT2D eigenvalue weighted by molar-refractivity contribution is 5.51. The fourth-order valence-electron chi connectivity index (χ4n) is 1.63. The van der Waals surface area contributed by atoms with Crippen molar-refractivity contribution >= 4 is 5.69 Å². The third-order valence-corrected chi connectivity index (χ3v) is 2.54. The Bertz CT molecular complexity index is 514. The quantitative estimate of drug-likeness (QED) is 0.640. The lowest BCUT2D eigenvalue weighted by Gasteiger charge is -2.11. The summed E-state index contributed by atoms with van der Waals surface area (Å²) in [5.41, 5.74) is 6.35. The SMILES string of the molecule is COc1ccc(N)cc1OCCOc1ccccc1. The average molecular weight is 259 g/mol. The van der Waals surface area contributed by atoms with Gasteiger partial charge in [-0.15, -0.1) is 0 Å². The van der Waals surface area contributed by atoms with Gasteiger partial charge in [0.25, 0.3) is 0 Å². The van der Waals surface area contributed by atoms with Crippen molar-refractivity contribution in [3.63, 3.8) is 0 Å². The maximum Gasteiger partial charge on any atom is 0.163 e. The van der Waals surface area contributed by atoms with Gasteiger partial charge in [0.15, 0.2) is 11.5 Å². The first-order valence-corrected chi connectivity index (χ1v) is 6.04. The molecule has 4 nitrogen and oxygen atoms in total. The van der Waals surface area contributed by atoms with Gasteiger partial charge in [0.1, 0.15) is 19.0 Å². The van der Waals surface area contributed by atoms with Gasteiger partial charge in [0, 0.05) is 11.8 Å². The molecule has 2 aromatic carbocycles. The van der Waals surface area contributed by atoms with Crippen LogP contribution in [0.15, 0.2) is 48.5 Å². The van der Waals surface area contributed by atoms with E-state index in [0.29, 0.717) is 30.4 Å². The molecule has 2 aromatic rings. The minimum atomic E-state index is 0.425. The summed E-state index contributed by atoms with van der Waals surface area (Å²) in [6, 6.07) is 14.9. The van der Waals surface area contributed by atoms with Crippen LogP contribution in [-0.4, -0.2) is 20.3 Å². The van der Waals surface area contributed by atoms with Crippen molar-refractivity contribution in [3.05, 3.63) is 48.5 Å². The summed E-state index contributed by atoms with van der Waals surface area (Å²) < 4.78 is 16.3. The molecule has 2 rings (SSSR count). The van der Waals surface area contributed by atoms with Crippen LogP contribution in [0.3, 0.4) is 0 Å². The van der Waals surface area contributed by atoms with Crippen LogP contribution in [0.5, 0.6) is 17.2 Å². The summed E-state index contributed by atoms with van der Waals surface area (Å²) in [7, 11) is 1.60. The molecule has 0 aliphatic rings. The molecule has 0 fully saturated rings. The molecule has 0 atom stereocenters. The van der Waals surface area contributed by atoms with E-state index in [1.165, 1.54) is 0 Å². The van der Waals surface area contributed by atoms with E-state index >= 15 is 0 Å². The third-order valence-electron chi connectivity index (χ3n) is 2.54. The molecule has 0 bridgehead atoms. The number of anilines is 1. The lowest BCUT2D eigenvalue weighted by Crippen LogP contribution is -2.09. The van der Waals surface area contributed by atoms with E-state index in [1.54, 1.807) is 25.3 Å². The Morgan fingerprint density at radius 2 is 1.63 bits per heavy atom. The molecule has 0 spiro atoms. The van der Waals surface area contributed by atoms with E-state index in [1.807, 2.05) is 30.3 Å². The summed E-state index contributed by atoms with van der Waals surface area (Å²) in [6.45, 7) is 0.886. The predicted molar refractivity (Wildman–Crippen MR) is 74.8 cm³/mol. The van der Waals surface area contributed by atoms with Gasteiger partial charge in [0.2, 0.25) is 0 Å². The Labute approximate surface area is 112 Å². The van der Waals surface area contributed by atoms with Crippen LogP contribution in [0.2, 0.25) is 0 Å². The summed E-state index contributed by atoms with van der Waals surface area (Å²) in [6.07, 6.45) is 0. The normalized spacial score (nSPS) is 9.95. The Morgan fingerprint density at radius 1 is 0.895 bits per heavy atom. The number of hydrogen-bond acceptors (Lipinski definition) is 4. The van der Waals surface area contributed by atoms with Gasteiger partial charge >= 0.3 is 0 Å². The lowest BCUT2D eigenvalue weighted by atomic mass is 10.3. The van der Waals surface area contributed by atoms with Gasteiger partial charge in [0.05, 0.1) is 7.11 Å². The molecule has 0 heterocycles. The Kier molecular flexibility index (Phi) is 4.50. The van der Waals surface area contributed by atoms with E-state index in [9.17, 15) is 0 Å². The van der Waals surface area contributed by atoms with Crippen LogP contribution >= 0.6 is 0 Å². The Balaban J connectivity index is 1.84. The van der Waals surface area contributed by atoms with Gasteiger partial charge in [-0.3, -0.25) is 0 Å². The highest BCUT2D eigenvalue weighted by Crippen LogP contribution is 2.28. The number of para-hydroxylation sites is 1. The van der Waals surface area contributed by atoms with Gasteiger partial charge in [-0.2, -0.15) is 0 Å². The second-order valence-corrected chi connectivity index (χ2v) is 3.92.